The zero-order valence-electron chi connectivity index (χ0n) is 27.8. The molecule has 0 spiro atoms. The topological polar surface area (TPSA) is 26.3 Å². The maximum Gasteiger partial charge on any atom is 0.305 e. The minimum absolute atomic E-state index is 0.0181. The number of allylic oxidation sites excluding steroid dienone is 2. The number of hydrogen-bond acceptors (Lipinski definition) is 2. The lowest BCUT2D eigenvalue weighted by molar-refractivity contribution is -0.143. The van der Waals surface area contributed by atoms with Gasteiger partial charge in [-0.1, -0.05) is 187 Å². The second-order valence-electron chi connectivity index (χ2n) is 12.6. The minimum atomic E-state index is 0.0181. The number of carbonyl (C=O) groups is 1. The smallest absolute Gasteiger partial charge is 0.305 e. The van der Waals surface area contributed by atoms with E-state index in [0.29, 0.717) is 13.0 Å². The molecule has 0 aromatic carbocycles. The van der Waals surface area contributed by atoms with Gasteiger partial charge in [0, 0.05) is 6.42 Å². The summed E-state index contributed by atoms with van der Waals surface area (Å²) < 4.78 is 5.44. The van der Waals surface area contributed by atoms with Crippen LogP contribution in [0.15, 0.2) is 12.2 Å². The summed E-state index contributed by atoms with van der Waals surface area (Å²) in [6, 6.07) is 0. The molecule has 0 unspecified atom stereocenters. The summed E-state index contributed by atoms with van der Waals surface area (Å²) in [5.41, 5.74) is 0. The molecule has 0 saturated carbocycles. The molecule has 0 fully saturated rings. The molecule has 0 radical (unpaired) electrons. The zero-order valence-corrected chi connectivity index (χ0v) is 27.8. The van der Waals surface area contributed by atoms with Crippen molar-refractivity contribution in [3.05, 3.63) is 12.2 Å². The molecule has 40 heavy (non-hydrogen) atoms. The Balaban J connectivity index is 3.18. The molecule has 2 heteroatoms. The number of rotatable bonds is 34. The average Bonchev–Trinajstić information content (AvgIpc) is 2.96. The van der Waals surface area contributed by atoms with Crippen LogP contribution in [0, 0.1) is 0 Å². The molecular formula is C38H74O2. The van der Waals surface area contributed by atoms with Crippen LogP contribution in [0.5, 0.6) is 0 Å². The molecule has 2 nitrogen and oxygen atoms in total. The third-order valence-electron chi connectivity index (χ3n) is 8.40. The van der Waals surface area contributed by atoms with Crippen molar-refractivity contribution < 1.29 is 9.53 Å². The highest BCUT2D eigenvalue weighted by Gasteiger charge is 2.02. The van der Waals surface area contributed by atoms with Crippen molar-refractivity contribution in [3.8, 4) is 0 Å². The monoisotopic (exact) mass is 563 g/mol. The highest BCUT2D eigenvalue weighted by molar-refractivity contribution is 5.69. The van der Waals surface area contributed by atoms with Gasteiger partial charge in [0.1, 0.15) is 0 Å². The van der Waals surface area contributed by atoms with Crippen LogP contribution in [-0.4, -0.2) is 12.6 Å². The molecule has 0 amide bonds. The van der Waals surface area contributed by atoms with Gasteiger partial charge in [-0.2, -0.15) is 0 Å². The Morgan fingerprint density at radius 1 is 0.400 bits per heavy atom. The Morgan fingerprint density at radius 2 is 0.700 bits per heavy atom. The number of unbranched alkanes of at least 4 members (excludes halogenated alkanes) is 28. The van der Waals surface area contributed by atoms with Gasteiger partial charge in [-0.25, -0.2) is 0 Å². The molecule has 0 saturated heterocycles. The van der Waals surface area contributed by atoms with Gasteiger partial charge in [-0.3, -0.25) is 4.79 Å². The van der Waals surface area contributed by atoms with E-state index in [4.69, 9.17) is 4.74 Å². The predicted octanol–water partition coefficient (Wildman–Crippen LogP) is 13.6. The fourth-order valence-electron chi connectivity index (χ4n) is 5.60. The van der Waals surface area contributed by atoms with Gasteiger partial charge >= 0.3 is 5.97 Å². The van der Waals surface area contributed by atoms with E-state index in [0.717, 1.165) is 19.3 Å². The first kappa shape index (κ1) is 39.2. The molecule has 0 aromatic rings. The SMILES string of the molecule is CCCCCCCC/C=C/CCCCCCCC(=O)OCCCCCCCCCCCCCCCCCCCC. The van der Waals surface area contributed by atoms with Gasteiger partial charge in [0.25, 0.3) is 0 Å². The van der Waals surface area contributed by atoms with Crippen molar-refractivity contribution in [2.24, 2.45) is 0 Å². The first-order valence-corrected chi connectivity index (χ1v) is 18.6. The Kier molecular flexibility index (Phi) is 35.5. The van der Waals surface area contributed by atoms with Crippen molar-refractivity contribution in [3.63, 3.8) is 0 Å². The molecule has 0 heterocycles. The normalized spacial score (nSPS) is 11.6. The quantitative estimate of drug-likeness (QED) is 0.0443. The van der Waals surface area contributed by atoms with Gasteiger partial charge in [-0.05, 0) is 38.5 Å². The molecule has 0 aromatic heterocycles. The Morgan fingerprint density at radius 3 is 1.07 bits per heavy atom. The largest absolute Gasteiger partial charge is 0.466 e. The first-order chi connectivity index (χ1) is 19.8. The summed E-state index contributed by atoms with van der Waals surface area (Å²) >= 11 is 0. The summed E-state index contributed by atoms with van der Waals surface area (Å²) in [6.45, 7) is 5.20. The molecule has 0 aliphatic carbocycles. The Labute approximate surface area is 253 Å². The summed E-state index contributed by atoms with van der Waals surface area (Å²) in [6.07, 6.45) is 47.1. The van der Waals surface area contributed by atoms with Gasteiger partial charge in [-0.15, -0.1) is 0 Å². The van der Waals surface area contributed by atoms with Crippen LogP contribution >= 0.6 is 0 Å². The molecule has 0 rings (SSSR count). The molecule has 238 valence electrons. The van der Waals surface area contributed by atoms with Crippen molar-refractivity contribution >= 4 is 5.97 Å². The number of ether oxygens (including phenoxy) is 1. The van der Waals surface area contributed by atoms with Gasteiger partial charge < -0.3 is 4.74 Å². The number of hydrogen-bond donors (Lipinski definition) is 0. The van der Waals surface area contributed by atoms with E-state index in [9.17, 15) is 4.79 Å². The highest BCUT2D eigenvalue weighted by Crippen LogP contribution is 2.15. The van der Waals surface area contributed by atoms with E-state index in [2.05, 4.69) is 26.0 Å². The van der Waals surface area contributed by atoms with Crippen LogP contribution in [0.25, 0.3) is 0 Å². The van der Waals surface area contributed by atoms with E-state index in [1.54, 1.807) is 0 Å². The number of esters is 1. The van der Waals surface area contributed by atoms with E-state index < -0.39 is 0 Å². The van der Waals surface area contributed by atoms with Crippen LogP contribution in [0.1, 0.15) is 219 Å². The molecule has 0 aliphatic rings. The van der Waals surface area contributed by atoms with E-state index >= 15 is 0 Å². The van der Waals surface area contributed by atoms with E-state index in [1.807, 2.05) is 0 Å². The van der Waals surface area contributed by atoms with Crippen LogP contribution in [-0.2, 0) is 9.53 Å². The standard InChI is InChI=1S/C38H74O2/c1-3-5-7-9-11-13-15-17-19-20-21-23-25-27-29-31-33-35-37-40-38(39)36-34-32-30-28-26-24-22-18-16-14-12-10-8-6-4-2/h18,22H,3-17,19-21,23-37H2,1-2H3/b22-18+. The maximum absolute atomic E-state index is 11.9. The summed E-state index contributed by atoms with van der Waals surface area (Å²) in [5, 5.41) is 0. The van der Waals surface area contributed by atoms with Crippen LogP contribution in [0.3, 0.4) is 0 Å². The predicted molar refractivity (Wildman–Crippen MR) is 179 cm³/mol. The average molecular weight is 563 g/mol. The fraction of sp³-hybridized carbons (Fsp3) is 0.921. The summed E-state index contributed by atoms with van der Waals surface area (Å²) in [5.74, 6) is 0.0181. The third kappa shape index (κ3) is 35.2. The van der Waals surface area contributed by atoms with Gasteiger partial charge in [0.15, 0.2) is 0 Å². The molecule has 0 N–H and O–H groups in total. The Bertz CT molecular complexity index is 498. The Hall–Kier alpha value is -0.790. The van der Waals surface area contributed by atoms with Crippen LogP contribution in [0.2, 0.25) is 0 Å². The third-order valence-corrected chi connectivity index (χ3v) is 8.40. The molecule has 0 atom stereocenters. The molecular weight excluding hydrogens is 488 g/mol. The first-order valence-electron chi connectivity index (χ1n) is 18.6. The summed E-state index contributed by atoms with van der Waals surface area (Å²) in [7, 11) is 0. The lowest BCUT2D eigenvalue weighted by atomic mass is 10.0. The number of carbonyl (C=O) groups excluding carboxylic acids is 1. The minimum Gasteiger partial charge on any atom is -0.466 e. The van der Waals surface area contributed by atoms with Crippen molar-refractivity contribution in [2.45, 2.75) is 219 Å². The van der Waals surface area contributed by atoms with Gasteiger partial charge in [0.05, 0.1) is 6.61 Å². The maximum atomic E-state index is 11.9. The fourth-order valence-corrected chi connectivity index (χ4v) is 5.60. The second kappa shape index (κ2) is 36.2. The second-order valence-corrected chi connectivity index (χ2v) is 12.6. The molecule has 0 bridgehead atoms. The molecule has 0 aliphatic heterocycles. The van der Waals surface area contributed by atoms with E-state index in [1.165, 1.54) is 180 Å². The highest BCUT2D eigenvalue weighted by atomic mass is 16.5. The van der Waals surface area contributed by atoms with Crippen molar-refractivity contribution in [2.75, 3.05) is 6.61 Å². The van der Waals surface area contributed by atoms with Gasteiger partial charge in [0.2, 0.25) is 0 Å². The lowest BCUT2D eigenvalue weighted by Crippen LogP contribution is -2.05. The lowest BCUT2D eigenvalue weighted by Gasteiger charge is -2.05. The van der Waals surface area contributed by atoms with Crippen molar-refractivity contribution in [1.82, 2.24) is 0 Å². The summed E-state index contributed by atoms with van der Waals surface area (Å²) in [4.78, 5) is 11.9. The van der Waals surface area contributed by atoms with Crippen LogP contribution < -0.4 is 0 Å². The van der Waals surface area contributed by atoms with E-state index in [-0.39, 0.29) is 5.97 Å². The van der Waals surface area contributed by atoms with Crippen molar-refractivity contribution in [1.29, 1.82) is 0 Å². The van der Waals surface area contributed by atoms with Crippen LogP contribution in [0.4, 0.5) is 0 Å². The zero-order chi connectivity index (χ0) is 29.0.